The van der Waals surface area contributed by atoms with Crippen molar-refractivity contribution < 1.29 is 9.72 Å². The molecule has 0 atom stereocenters. The number of pyridine rings is 1. The van der Waals surface area contributed by atoms with Gasteiger partial charge in [-0.15, -0.1) is 0 Å². The van der Waals surface area contributed by atoms with Gasteiger partial charge in [0.2, 0.25) is 0 Å². The van der Waals surface area contributed by atoms with Crippen molar-refractivity contribution in [2.24, 2.45) is 0 Å². The number of nitrogens with one attached hydrogen (secondary N) is 1. The molecule has 6 heteroatoms. The zero-order valence-electron chi connectivity index (χ0n) is 20.2. The second-order valence-electron chi connectivity index (χ2n) is 8.94. The normalized spacial score (nSPS) is 10.9. The van der Waals surface area contributed by atoms with Crippen molar-refractivity contribution >= 4 is 39.0 Å². The third-order valence-electron chi connectivity index (χ3n) is 6.57. The molecule has 0 saturated carbocycles. The number of fused-ring (bicyclic) bond motifs is 2. The largest absolute Gasteiger partial charge is 0.321 e. The van der Waals surface area contributed by atoms with Crippen LogP contribution in [0.1, 0.15) is 10.4 Å². The molecule has 0 aliphatic rings. The molecule has 0 radical (unpaired) electrons. The molecule has 0 fully saturated rings. The number of non-ortho nitro benzene ring substituents is 1. The minimum Gasteiger partial charge on any atom is -0.321 e. The fourth-order valence-electron chi connectivity index (χ4n) is 4.65. The zero-order chi connectivity index (χ0) is 26.1. The van der Waals surface area contributed by atoms with Crippen molar-refractivity contribution in [3.05, 3.63) is 137 Å². The second kappa shape index (κ2) is 9.59. The summed E-state index contributed by atoms with van der Waals surface area (Å²) in [7, 11) is 0. The van der Waals surface area contributed by atoms with Gasteiger partial charge in [-0.2, -0.15) is 0 Å². The maximum atomic E-state index is 13.3. The van der Waals surface area contributed by atoms with Gasteiger partial charge in [-0.25, -0.2) is 4.98 Å². The van der Waals surface area contributed by atoms with E-state index >= 15 is 0 Å². The van der Waals surface area contributed by atoms with Gasteiger partial charge >= 0.3 is 0 Å². The number of carbonyl (C=O) groups excluding carboxylic acids is 1. The summed E-state index contributed by atoms with van der Waals surface area (Å²) >= 11 is 0. The van der Waals surface area contributed by atoms with Gasteiger partial charge < -0.3 is 5.32 Å². The molecule has 182 valence electrons. The second-order valence-corrected chi connectivity index (χ2v) is 8.94. The van der Waals surface area contributed by atoms with Gasteiger partial charge in [0.15, 0.2) is 0 Å². The van der Waals surface area contributed by atoms with Crippen LogP contribution in [-0.4, -0.2) is 15.8 Å². The Labute approximate surface area is 218 Å². The van der Waals surface area contributed by atoms with Crippen molar-refractivity contribution in [2.45, 2.75) is 0 Å². The number of rotatable bonds is 5. The number of amides is 1. The van der Waals surface area contributed by atoms with Crippen LogP contribution < -0.4 is 5.32 Å². The molecule has 0 spiro atoms. The minimum absolute atomic E-state index is 0.0275. The summed E-state index contributed by atoms with van der Waals surface area (Å²) in [5.41, 5.74) is 5.39. The molecule has 1 N–H and O–H groups in total. The lowest BCUT2D eigenvalue weighted by molar-refractivity contribution is -0.384. The van der Waals surface area contributed by atoms with Crippen LogP contribution in [-0.2, 0) is 0 Å². The van der Waals surface area contributed by atoms with E-state index in [4.69, 9.17) is 4.98 Å². The van der Waals surface area contributed by atoms with Crippen LogP contribution in [0.3, 0.4) is 0 Å². The van der Waals surface area contributed by atoms with Crippen LogP contribution in [0.5, 0.6) is 0 Å². The average molecular weight is 496 g/mol. The molecule has 5 aromatic carbocycles. The predicted octanol–water partition coefficient (Wildman–Crippen LogP) is 7.88. The summed E-state index contributed by atoms with van der Waals surface area (Å²) < 4.78 is 0. The molecule has 1 aromatic heterocycles. The Balaban J connectivity index is 1.44. The van der Waals surface area contributed by atoms with E-state index in [9.17, 15) is 14.9 Å². The van der Waals surface area contributed by atoms with Gasteiger partial charge in [-0.3, -0.25) is 14.9 Å². The number of hydrogen-bond acceptors (Lipinski definition) is 4. The van der Waals surface area contributed by atoms with E-state index in [-0.39, 0.29) is 11.6 Å². The molecular weight excluding hydrogens is 474 g/mol. The molecule has 6 nitrogen and oxygen atoms in total. The zero-order valence-corrected chi connectivity index (χ0v) is 20.2. The van der Waals surface area contributed by atoms with E-state index in [2.05, 4.69) is 5.32 Å². The first kappa shape index (κ1) is 23.1. The Hall–Kier alpha value is -5.36. The van der Waals surface area contributed by atoms with Crippen LogP contribution in [0.15, 0.2) is 121 Å². The number of benzene rings is 5. The Morgan fingerprint density at radius 3 is 2.24 bits per heavy atom. The van der Waals surface area contributed by atoms with Crippen LogP contribution in [0.4, 0.5) is 11.4 Å². The lowest BCUT2D eigenvalue weighted by atomic mass is 9.97. The van der Waals surface area contributed by atoms with E-state index < -0.39 is 4.92 Å². The Morgan fingerprint density at radius 2 is 1.45 bits per heavy atom. The van der Waals surface area contributed by atoms with E-state index in [0.29, 0.717) is 11.3 Å². The fraction of sp³-hybridized carbons (Fsp3) is 0. The van der Waals surface area contributed by atoms with E-state index in [0.717, 1.165) is 44.1 Å². The number of nitro groups is 1. The molecule has 0 unspecified atom stereocenters. The van der Waals surface area contributed by atoms with Crippen LogP contribution in [0.25, 0.3) is 44.1 Å². The van der Waals surface area contributed by atoms with Gasteiger partial charge in [-0.1, -0.05) is 66.7 Å². The van der Waals surface area contributed by atoms with E-state index in [1.54, 1.807) is 18.2 Å². The van der Waals surface area contributed by atoms with Crippen LogP contribution in [0.2, 0.25) is 0 Å². The first-order chi connectivity index (χ1) is 18.6. The molecule has 0 aliphatic heterocycles. The van der Waals surface area contributed by atoms with Crippen molar-refractivity contribution in [2.75, 3.05) is 5.32 Å². The highest BCUT2D eigenvalue weighted by molar-refractivity contribution is 6.11. The van der Waals surface area contributed by atoms with E-state index in [1.165, 1.54) is 12.1 Å². The predicted molar refractivity (Wildman–Crippen MR) is 151 cm³/mol. The summed E-state index contributed by atoms with van der Waals surface area (Å²) in [6.45, 7) is 0. The summed E-state index contributed by atoms with van der Waals surface area (Å²) in [4.78, 5) is 28.8. The van der Waals surface area contributed by atoms with Crippen molar-refractivity contribution in [1.29, 1.82) is 0 Å². The van der Waals surface area contributed by atoms with Gasteiger partial charge in [0.1, 0.15) is 0 Å². The molecule has 1 amide bonds. The maximum Gasteiger partial charge on any atom is 0.269 e. The third-order valence-corrected chi connectivity index (χ3v) is 6.57. The first-order valence-electron chi connectivity index (χ1n) is 12.1. The highest BCUT2D eigenvalue weighted by Gasteiger charge is 2.15. The van der Waals surface area contributed by atoms with Crippen molar-refractivity contribution in [3.8, 4) is 22.4 Å². The quantitative estimate of drug-likeness (QED) is 0.195. The molecule has 38 heavy (non-hydrogen) atoms. The standard InChI is InChI=1S/C32H21N3O3/c36-32(34-29-12-6-10-21-9-4-5-11-26(21)29)24-15-18-30-28(19-24)27(22-7-2-1-3-8-22)20-31(33-30)23-13-16-25(17-14-23)35(37)38/h1-20H,(H,34,36). The average Bonchev–Trinajstić information content (AvgIpc) is 2.97. The number of anilines is 1. The highest BCUT2D eigenvalue weighted by atomic mass is 16.6. The van der Waals surface area contributed by atoms with Crippen molar-refractivity contribution in [3.63, 3.8) is 0 Å². The number of hydrogen-bond donors (Lipinski definition) is 1. The summed E-state index contributed by atoms with van der Waals surface area (Å²) in [5.74, 6) is -0.207. The van der Waals surface area contributed by atoms with Crippen molar-refractivity contribution in [1.82, 2.24) is 4.98 Å². The molecule has 0 bridgehead atoms. The molecule has 0 saturated heterocycles. The number of nitrogens with zero attached hydrogens (tertiary/aromatic N) is 2. The molecule has 6 rings (SSSR count). The lowest BCUT2D eigenvalue weighted by Crippen LogP contribution is -2.12. The van der Waals surface area contributed by atoms with Crippen LogP contribution in [0, 0.1) is 10.1 Å². The van der Waals surface area contributed by atoms with Gasteiger partial charge in [0.25, 0.3) is 11.6 Å². The third kappa shape index (κ3) is 4.35. The summed E-state index contributed by atoms with van der Waals surface area (Å²) in [6.07, 6.45) is 0. The molecule has 6 aromatic rings. The Bertz CT molecular complexity index is 1830. The number of aromatic nitrogens is 1. The lowest BCUT2D eigenvalue weighted by Gasteiger charge is -2.13. The Morgan fingerprint density at radius 1 is 0.711 bits per heavy atom. The smallest absolute Gasteiger partial charge is 0.269 e. The fourth-order valence-corrected chi connectivity index (χ4v) is 4.65. The SMILES string of the molecule is O=C(Nc1cccc2ccccc12)c1ccc2nc(-c3ccc([N+](=O)[O-])cc3)cc(-c3ccccc3)c2c1. The van der Waals surface area contributed by atoms with Crippen LogP contribution >= 0.6 is 0 Å². The molecule has 1 heterocycles. The highest BCUT2D eigenvalue weighted by Crippen LogP contribution is 2.33. The molecule has 0 aliphatic carbocycles. The summed E-state index contributed by atoms with van der Waals surface area (Å²) in [5, 5.41) is 17.0. The number of carbonyl (C=O) groups is 1. The monoisotopic (exact) mass is 495 g/mol. The van der Waals surface area contributed by atoms with E-state index in [1.807, 2.05) is 91.0 Å². The number of nitro benzene ring substituents is 1. The minimum atomic E-state index is -0.419. The van der Waals surface area contributed by atoms with Gasteiger partial charge in [-0.05, 0) is 59.0 Å². The van der Waals surface area contributed by atoms with Gasteiger partial charge in [0, 0.05) is 39.7 Å². The Kier molecular flexibility index (Phi) is 5.82. The topological polar surface area (TPSA) is 85.1 Å². The first-order valence-corrected chi connectivity index (χ1v) is 12.1. The molecular formula is C32H21N3O3. The summed E-state index contributed by atoms with van der Waals surface area (Å²) in [6, 6.07) is 37.5. The van der Waals surface area contributed by atoms with Gasteiger partial charge in [0.05, 0.1) is 16.1 Å². The maximum absolute atomic E-state index is 13.3.